The van der Waals surface area contributed by atoms with Gasteiger partial charge in [-0.1, -0.05) is 34.1 Å². The maximum absolute atomic E-state index is 3.56. The molecule has 1 heterocycles. The average molecular weight is 212 g/mol. The van der Waals surface area contributed by atoms with Crippen LogP contribution >= 0.6 is 0 Å². The van der Waals surface area contributed by atoms with Crippen molar-refractivity contribution in [2.45, 2.75) is 52.5 Å². The molecule has 0 aliphatic carbocycles. The lowest BCUT2D eigenvalue weighted by Crippen LogP contribution is -2.61. The normalized spacial score (nSPS) is 24.0. The Kier molecular flexibility index (Phi) is 5.07. The minimum absolute atomic E-state index is 0.432. The Labute approximate surface area is 95.4 Å². The number of nitrogens with one attached hydrogen (secondary N) is 1. The van der Waals surface area contributed by atoms with Crippen molar-refractivity contribution in [1.82, 2.24) is 10.2 Å². The summed E-state index contributed by atoms with van der Waals surface area (Å²) in [6, 6.07) is 0. The zero-order valence-electron chi connectivity index (χ0n) is 11.0. The number of piperazine rings is 1. The van der Waals surface area contributed by atoms with Crippen LogP contribution in [0, 0.1) is 5.92 Å². The van der Waals surface area contributed by atoms with Gasteiger partial charge in [0.15, 0.2) is 0 Å². The summed E-state index contributed by atoms with van der Waals surface area (Å²) < 4.78 is 0. The molecule has 2 heteroatoms. The molecule has 0 amide bonds. The summed E-state index contributed by atoms with van der Waals surface area (Å²) in [6.07, 6.45) is 3.84. The first-order valence-corrected chi connectivity index (χ1v) is 6.64. The molecule has 0 aromatic carbocycles. The van der Waals surface area contributed by atoms with Crippen LogP contribution in [0.25, 0.3) is 0 Å². The molecule has 90 valence electrons. The van der Waals surface area contributed by atoms with Crippen molar-refractivity contribution in [1.29, 1.82) is 0 Å². The molecular formula is C13H28N2. The first-order chi connectivity index (χ1) is 7.18. The molecule has 1 N–H and O–H groups in total. The van der Waals surface area contributed by atoms with Crippen LogP contribution in [0.1, 0.15) is 47.0 Å². The molecule has 0 saturated carbocycles. The van der Waals surface area contributed by atoms with Crippen LogP contribution in [0.2, 0.25) is 0 Å². The van der Waals surface area contributed by atoms with Crippen LogP contribution in [-0.2, 0) is 0 Å². The molecule has 1 aliphatic heterocycles. The van der Waals surface area contributed by atoms with E-state index in [2.05, 4.69) is 37.9 Å². The lowest BCUT2D eigenvalue weighted by molar-refractivity contribution is 0.0393. The standard InChI is InChI=1S/C13H28N2/c1-5-12(4)10-15-9-8-14-11-13(15,6-2)7-3/h12,14H,5-11H2,1-4H3. The highest BCUT2D eigenvalue weighted by molar-refractivity contribution is 4.94. The van der Waals surface area contributed by atoms with Crippen molar-refractivity contribution in [2.24, 2.45) is 5.92 Å². The molecule has 1 unspecified atom stereocenters. The number of nitrogens with zero attached hydrogens (tertiary/aromatic N) is 1. The Morgan fingerprint density at radius 3 is 2.47 bits per heavy atom. The fraction of sp³-hybridized carbons (Fsp3) is 1.00. The molecule has 1 atom stereocenters. The fourth-order valence-electron chi connectivity index (χ4n) is 2.62. The molecule has 15 heavy (non-hydrogen) atoms. The van der Waals surface area contributed by atoms with E-state index in [1.165, 1.54) is 38.9 Å². The number of rotatable bonds is 5. The van der Waals surface area contributed by atoms with Gasteiger partial charge in [-0.05, 0) is 18.8 Å². The van der Waals surface area contributed by atoms with Crippen LogP contribution in [0.3, 0.4) is 0 Å². The summed E-state index contributed by atoms with van der Waals surface area (Å²) >= 11 is 0. The summed E-state index contributed by atoms with van der Waals surface area (Å²) in [5.74, 6) is 0.834. The maximum Gasteiger partial charge on any atom is 0.0329 e. The molecule has 1 rings (SSSR count). The monoisotopic (exact) mass is 212 g/mol. The van der Waals surface area contributed by atoms with Gasteiger partial charge < -0.3 is 5.32 Å². The molecule has 0 radical (unpaired) electrons. The van der Waals surface area contributed by atoms with Crippen molar-refractivity contribution >= 4 is 0 Å². The van der Waals surface area contributed by atoms with Crippen LogP contribution in [-0.4, -0.2) is 36.6 Å². The lowest BCUT2D eigenvalue weighted by atomic mass is 9.87. The second-order valence-corrected chi connectivity index (χ2v) is 5.07. The Hall–Kier alpha value is -0.0800. The quantitative estimate of drug-likeness (QED) is 0.753. The smallest absolute Gasteiger partial charge is 0.0329 e. The highest BCUT2D eigenvalue weighted by Gasteiger charge is 2.35. The molecule has 1 aliphatic rings. The Morgan fingerprint density at radius 1 is 1.27 bits per heavy atom. The first kappa shape index (κ1) is 13.0. The van der Waals surface area contributed by atoms with Gasteiger partial charge in [0.05, 0.1) is 0 Å². The second-order valence-electron chi connectivity index (χ2n) is 5.07. The number of hydrogen-bond acceptors (Lipinski definition) is 2. The molecule has 0 aromatic rings. The molecule has 2 nitrogen and oxygen atoms in total. The largest absolute Gasteiger partial charge is 0.314 e. The van der Waals surface area contributed by atoms with Crippen LogP contribution in [0.5, 0.6) is 0 Å². The predicted octanol–water partition coefficient (Wildman–Crippen LogP) is 2.50. The SMILES string of the molecule is CCC(C)CN1CCNCC1(CC)CC. The van der Waals surface area contributed by atoms with Crippen LogP contribution < -0.4 is 5.32 Å². The van der Waals surface area contributed by atoms with Crippen molar-refractivity contribution in [2.75, 3.05) is 26.2 Å². The van der Waals surface area contributed by atoms with E-state index in [0.717, 1.165) is 12.5 Å². The van der Waals surface area contributed by atoms with Crippen molar-refractivity contribution in [3.8, 4) is 0 Å². The first-order valence-electron chi connectivity index (χ1n) is 6.64. The summed E-state index contributed by atoms with van der Waals surface area (Å²) in [5.41, 5.74) is 0.432. The molecular weight excluding hydrogens is 184 g/mol. The minimum Gasteiger partial charge on any atom is -0.314 e. The molecule has 1 fully saturated rings. The average Bonchev–Trinajstić information content (AvgIpc) is 2.30. The van der Waals surface area contributed by atoms with Gasteiger partial charge in [-0.25, -0.2) is 0 Å². The highest BCUT2D eigenvalue weighted by Crippen LogP contribution is 2.26. The van der Waals surface area contributed by atoms with E-state index in [-0.39, 0.29) is 0 Å². The third-order valence-corrected chi connectivity index (χ3v) is 4.23. The predicted molar refractivity (Wildman–Crippen MR) is 67.2 cm³/mol. The number of hydrogen-bond donors (Lipinski definition) is 1. The van der Waals surface area contributed by atoms with Gasteiger partial charge in [-0.3, -0.25) is 4.90 Å². The summed E-state index contributed by atoms with van der Waals surface area (Å²) in [6.45, 7) is 14.2. The Bertz CT molecular complexity index is 175. The maximum atomic E-state index is 3.56. The van der Waals surface area contributed by atoms with Gasteiger partial charge in [0.1, 0.15) is 0 Å². The van der Waals surface area contributed by atoms with Gasteiger partial charge in [-0.15, -0.1) is 0 Å². The van der Waals surface area contributed by atoms with Crippen molar-refractivity contribution in [3.63, 3.8) is 0 Å². The van der Waals surface area contributed by atoms with Crippen molar-refractivity contribution < 1.29 is 0 Å². The van der Waals surface area contributed by atoms with E-state index in [1.54, 1.807) is 0 Å². The highest BCUT2D eigenvalue weighted by atomic mass is 15.3. The fourth-order valence-corrected chi connectivity index (χ4v) is 2.62. The third-order valence-electron chi connectivity index (χ3n) is 4.23. The van der Waals surface area contributed by atoms with Gasteiger partial charge in [0, 0.05) is 31.7 Å². The Balaban J connectivity index is 2.64. The van der Waals surface area contributed by atoms with E-state index in [0.29, 0.717) is 5.54 Å². The zero-order chi connectivity index (χ0) is 11.3. The summed E-state index contributed by atoms with van der Waals surface area (Å²) in [5, 5.41) is 3.56. The molecule has 1 saturated heterocycles. The van der Waals surface area contributed by atoms with Crippen LogP contribution in [0.4, 0.5) is 0 Å². The van der Waals surface area contributed by atoms with Gasteiger partial charge >= 0.3 is 0 Å². The van der Waals surface area contributed by atoms with E-state index in [4.69, 9.17) is 0 Å². The van der Waals surface area contributed by atoms with Gasteiger partial charge in [0.25, 0.3) is 0 Å². The van der Waals surface area contributed by atoms with Gasteiger partial charge in [0.2, 0.25) is 0 Å². The van der Waals surface area contributed by atoms with Crippen molar-refractivity contribution in [3.05, 3.63) is 0 Å². The molecule has 0 aromatic heterocycles. The van der Waals surface area contributed by atoms with E-state index in [9.17, 15) is 0 Å². The molecule has 0 bridgehead atoms. The lowest BCUT2D eigenvalue weighted by Gasteiger charge is -2.48. The minimum atomic E-state index is 0.432. The Morgan fingerprint density at radius 2 is 1.93 bits per heavy atom. The molecule has 0 spiro atoms. The third kappa shape index (κ3) is 2.94. The summed E-state index contributed by atoms with van der Waals surface area (Å²) in [7, 11) is 0. The van der Waals surface area contributed by atoms with E-state index in [1.807, 2.05) is 0 Å². The second kappa shape index (κ2) is 5.86. The van der Waals surface area contributed by atoms with Crippen LogP contribution in [0.15, 0.2) is 0 Å². The van der Waals surface area contributed by atoms with E-state index < -0.39 is 0 Å². The zero-order valence-corrected chi connectivity index (χ0v) is 11.0. The summed E-state index contributed by atoms with van der Waals surface area (Å²) in [4.78, 5) is 2.73. The van der Waals surface area contributed by atoms with E-state index >= 15 is 0 Å². The topological polar surface area (TPSA) is 15.3 Å². The van der Waals surface area contributed by atoms with Gasteiger partial charge in [-0.2, -0.15) is 0 Å².